The first-order chi connectivity index (χ1) is 18.3. The number of pyridine rings is 1. The molecule has 0 aliphatic heterocycles. The molecular formula is C26H17F6N5O2. The molecule has 2 aromatic carbocycles. The van der Waals surface area contributed by atoms with Crippen molar-refractivity contribution in [3.63, 3.8) is 0 Å². The van der Waals surface area contributed by atoms with Crippen LogP contribution >= 0.6 is 0 Å². The Balaban J connectivity index is 1.61. The fourth-order valence-corrected chi connectivity index (χ4v) is 3.38. The first-order valence-electron chi connectivity index (χ1n) is 10.9. The first-order valence-corrected chi connectivity index (χ1v) is 10.9. The largest absolute Gasteiger partial charge is 0.573 e. The van der Waals surface area contributed by atoms with Crippen molar-refractivity contribution in [1.82, 2.24) is 14.5 Å². The number of nitrogen functional groups attached to an aromatic ring is 1. The Bertz CT molecular complexity index is 1590. The Hall–Kier alpha value is -4.99. The topological polar surface area (TPSA) is 95.1 Å². The molecule has 0 radical (unpaired) electrons. The van der Waals surface area contributed by atoms with Crippen LogP contribution in [0, 0.1) is 18.8 Å². The highest BCUT2D eigenvalue weighted by Gasteiger charge is 2.33. The van der Waals surface area contributed by atoms with Gasteiger partial charge in [0.2, 0.25) is 0 Å². The SMILES string of the molecule is Cc1ccc(C(=O)Nc2cc(-n3ccnc3)cc(C(F)(F)F)c2)cc1C#Cc1cnc(N)c(OC(F)(F)F)c1. The average molecular weight is 545 g/mol. The van der Waals surface area contributed by atoms with E-state index in [1.54, 1.807) is 13.0 Å². The fourth-order valence-electron chi connectivity index (χ4n) is 3.38. The van der Waals surface area contributed by atoms with Gasteiger partial charge in [-0.15, -0.1) is 13.2 Å². The Morgan fingerprint density at radius 2 is 1.82 bits per heavy atom. The minimum Gasteiger partial charge on any atom is -0.402 e. The number of ether oxygens (including phenoxy) is 1. The maximum Gasteiger partial charge on any atom is 0.573 e. The standard InChI is InChI=1S/C26H17F6N5O2/c1-15-2-4-18(9-17(15)5-3-16-8-22(23(33)35-13-16)39-26(30,31)32)24(38)36-20-10-19(25(27,28)29)11-21(12-20)37-7-6-34-14-37/h2,4,6-14H,1H3,(H2,33,35)(H,36,38). The van der Waals surface area contributed by atoms with E-state index in [1.807, 2.05) is 0 Å². The number of carbonyl (C=O) groups is 1. The highest BCUT2D eigenvalue weighted by molar-refractivity contribution is 6.04. The predicted octanol–water partition coefficient (Wildman–Crippen LogP) is 5.73. The molecule has 4 rings (SSSR count). The highest BCUT2D eigenvalue weighted by Crippen LogP contribution is 2.33. The number of nitrogens with two attached hydrogens (primary N) is 1. The molecule has 0 fully saturated rings. The number of anilines is 2. The highest BCUT2D eigenvalue weighted by atomic mass is 19.4. The molecule has 39 heavy (non-hydrogen) atoms. The normalized spacial score (nSPS) is 11.5. The molecule has 3 N–H and O–H groups in total. The van der Waals surface area contributed by atoms with E-state index in [4.69, 9.17) is 5.73 Å². The van der Waals surface area contributed by atoms with Crippen molar-refractivity contribution < 1.29 is 35.9 Å². The number of aromatic nitrogens is 3. The summed E-state index contributed by atoms with van der Waals surface area (Å²) in [4.78, 5) is 20.4. The van der Waals surface area contributed by atoms with Gasteiger partial charge in [0.05, 0.1) is 11.9 Å². The second-order valence-electron chi connectivity index (χ2n) is 8.13. The number of alkyl halides is 6. The van der Waals surface area contributed by atoms with Crippen LogP contribution in [0.25, 0.3) is 5.69 Å². The van der Waals surface area contributed by atoms with Crippen LogP contribution < -0.4 is 15.8 Å². The minimum absolute atomic E-state index is 0.0636. The minimum atomic E-state index is -4.97. The van der Waals surface area contributed by atoms with Gasteiger partial charge < -0.3 is 20.4 Å². The van der Waals surface area contributed by atoms with Crippen LogP contribution in [-0.4, -0.2) is 26.8 Å². The van der Waals surface area contributed by atoms with E-state index in [2.05, 4.69) is 31.9 Å². The van der Waals surface area contributed by atoms with Crippen molar-refractivity contribution >= 4 is 17.4 Å². The van der Waals surface area contributed by atoms with E-state index >= 15 is 0 Å². The van der Waals surface area contributed by atoms with Crippen molar-refractivity contribution in [3.8, 4) is 23.3 Å². The zero-order valence-corrected chi connectivity index (χ0v) is 19.9. The molecule has 0 unspecified atom stereocenters. The summed E-state index contributed by atoms with van der Waals surface area (Å²) in [5.74, 6) is 3.49. The molecule has 4 aromatic rings. The molecule has 0 spiro atoms. The summed E-state index contributed by atoms with van der Waals surface area (Å²) in [6.07, 6.45) is -4.30. The number of hydrogen-bond acceptors (Lipinski definition) is 5. The van der Waals surface area contributed by atoms with Gasteiger partial charge in [0.1, 0.15) is 0 Å². The number of benzene rings is 2. The van der Waals surface area contributed by atoms with Crippen LogP contribution in [0.4, 0.5) is 37.8 Å². The summed E-state index contributed by atoms with van der Waals surface area (Å²) in [6, 6.07) is 8.50. The number of imidazole rings is 1. The first kappa shape index (κ1) is 27.1. The van der Waals surface area contributed by atoms with Gasteiger partial charge in [-0.05, 0) is 42.8 Å². The van der Waals surface area contributed by atoms with Crippen LogP contribution in [0.1, 0.15) is 32.6 Å². The maximum atomic E-state index is 13.5. The third-order valence-corrected chi connectivity index (χ3v) is 5.25. The summed E-state index contributed by atoms with van der Waals surface area (Å²) in [7, 11) is 0. The lowest BCUT2D eigenvalue weighted by molar-refractivity contribution is -0.274. The molecular weight excluding hydrogens is 528 g/mol. The summed E-state index contributed by atoms with van der Waals surface area (Å²) < 4.78 is 83.3. The molecule has 7 nitrogen and oxygen atoms in total. The molecule has 13 heteroatoms. The van der Waals surface area contributed by atoms with Crippen molar-refractivity contribution in [3.05, 3.63) is 95.2 Å². The number of aryl methyl sites for hydroxylation is 1. The molecule has 2 heterocycles. The molecule has 0 saturated carbocycles. The molecule has 0 atom stereocenters. The third kappa shape index (κ3) is 6.86. The van der Waals surface area contributed by atoms with Crippen LogP contribution in [0.5, 0.6) is 5.75 Å². The van der Waals surface area contributed by atoms with E-state index < -0.39 is 35.6 Å². The zero-order valence-electron chi connectivity index (χ0n) is 19.9. The quantitative estimate of drug-likeness (QED) is 0.253. The average Bonchev–Trinajstić information content (AvgIpc) is 3.39. The summed E-state index contributed by atoms with van der Waals surface area (Å²) in [5, 5.41) is 2.46. The van der Waals surface area contributed by atoms with Crippen molar-refractivity contribution in [2.45, 2.75) is 19.5 Å². The number of hydrogen-bond donors (Lipinski definition) is 2. The van der Waals surface area contributed by atoms with Crippen LogP contribution in [0.3, 0.4) is 0 Å². The fraction of sp³-hybridized carbons (Fsp3) is 0.115. The lowest BCUT2D eigenvalue weighted by Crippen LogP contribution is -2.18. The van der Waals surface area contributed by atoms with Gasteiger partial charge in [0.25, 0.3) is 5.91 Å². The smallest absolute Gasteiger partial charge is 0.402 e. The molecule has 0 saturated heterocycles. The lowest BCUT2D eigenvalue weighted by Gasteiger charge is -2.14. The molecule has 0 aliphatic carbocycles. The summed E-state index contributed by atoms with van der Waals surface area (Å²) >= 11 is 0. The molecule has 0 aliphatic rings. The monoisotopic (exact) mass is 545 g/mol. The summed E-state index contributed by atoms with van der Waals surface area (Å²) in [5.41, 5.74) is 5.62. The van der Waals surface area contributed by atoms with Gasteiger partial charge in [-0.3, -0.25) is 4.79 Å². The van der Waals surface area contributed by atoms with Crippen LogP contribution in [0.15, 0.2) is 67.4 Å². The van der Waals surface area contributed by atoms with Gasteiger partial charge in [-0.25, -0.2) is 9.97 Å². The Kier molecular flexibility index (Phi) is 7.22. The second kappa shape index (κ2) is 10.4. The van der Waals surface area contributed by atoms with E-state index in [0.29, 0.717) is 11.1 Å². The van der Waals surface area contributed by atoms with Crippen molar-refractivity contribution in [2.24, 2.45) is 0 Å². The van der Waals surface area contributed by atoms with E-state index in [1.165, 1.54) is 41.5 Å². The Morgan fingerprint density at radius 3 is 2.49 bits per heavy atom. The van der Waals surface area contributed by atoms with Gasteiger partial charge in [0.15, 0.2) is 11.6 Å². The number of amides is 1. The van der Waals surface area contributed by atoms with Gasteiger partial charge >= 0.3 is 12.5 Å². The molecule has 1 amide bonds. The van der Waals surface area contributed by atoms with E-state index in [9.17, 15) is 31.1 Å². The summed E-state index contributed by atoms with van der Waals surface area (Å²) in [6.45, 7) is 1.69. The number of rotatable bonds is 4. The van der Waals surface area contributed by atoms with E-state index in [0.717, 1.165) is 24.4 Å². The van der Waals surface area contributed by atoms with Gasteiger partial charge in [-0.2, -0.15) is 13.2 Å². The van der Waals surface area contributed by atoms with Gasteiger partial charge in [-0.1, -0.05) is 17.9 Å². The van der Waals surface area contributed by atoms with Crippen LogP contribution in [0.2, 0.25) is 0 Å². The van der Waals surface area contributed by atoms with E-state index in [-0.39, 0.29) is 22.5 Å². The number of nitrogens with zero attached hydrogens (tertiary/aromatic N) is 3. The Morgan fingerprint density at radius 1 is 1.05 bits per heavy atom. The molecule has 0 bridgehead atoms. The maximum absolute atomic E-state index is 13.5. The van der Waals surface area contributed by atoms with Crippen molar-refractivity contribution in [2.75, 3.05) is 11.1 Å². The number of nitrogens with one attached hydrogen (secondary N) is 1. The van der Waals surface area contributed by atoms with Gasteiger partial charge in [0, 0.05) is 52.7 Å². The molecule has 2 aromatic heterocycles. The number of halogens is 6. The zero-order chi connectivity index (χ0) is 28.4. The Labute approximate surface area is 217 Å². The lowest BCUT2D eigenvalue weighted by atomic mass is 10.0. The predicted molar refractivity (Wildman–Crippen MR) is 129 cm³/mol. The van der Waals surface area contributed by atoms with Crippen LogP contribution in [-0.2, 0) is 6.18 Å². The van der Waals surface area contributed by atoms with Crippen molar-refractivity contribution in [1.29, 1.82) is 0 Å². The second-order valence-corrected chi connectivity index (χ2v) is 8.13. The number of carbonyl (C=O) groups excluding carboxylic acids is 1. The molecule has 200 valence electrons. The third-order valence-electron chi connectivity index (χ3n) is 5.25.